The summed E-state index contributed by atoms with van der Waals surface area (Å²) >= 11 is 0. The number of hydrogen-bond donors (Lipinski definition) is 1. The highest BCUT2D eigenvalue weighted by Crippen LogP contribution is 2.22. The Morgan fingerprint density at radius 2 is 1.56 bits per heavy atom. The van der Waals surface area contributed by atoms with Gasteiger partial charge in [-0.2, -0.15) is 5.26 Å². The van der Waals surface area contributed by atoms with E-state index in [9.17, 15) is 5.26 Å². The van der Waals surface area contributed by atoms with Crippen molar-refractivity contribution in [1.82, 2.24) is 0 Å². The molecule has 0 radical (unpaired) electrons. The molecule has 0 saturated carbocycles. The van der Waals surface area contributed by atoms with Crippen molar-refractivity contribution in [3.8, 4) is 6.07 Å². The van der Waals surface area contributed by atoms with E-state index < -0.39 is 0 Å². The van der Waals surface area contributed by atoms with Crippen LogP contribution in [0, 0.1) is 18.3 Å². The van der Waals surface area contributed by atoms with Crippen LogP contribution in [0.15, 0.2) is 54.6 Å². The van der Waals surface area contributed by atoms with Crippen molar-refractivity contribution in [3.63, 3.8) is 0 Å². The van der Waals surface area contributed by atoms with Crippen LogP contribution in [0.25, 0.3) is 11.3 Å². The number of nitriles is 1. The van der Waals surface area contributed by atoms with Gasteiger partial charge in [0.15, 0.2) is 0 Å². The third-order valence-corrected chi connectivity index (χ3v) is 2.81. The molecule has 2 N–H and O–H groups in total. The van der Waals surface area contributed by atoms with Crippen molar-refractivity contribution in [2.45, 2.75) is 6.92 Å². The second-order valence-electron chi connectivity index (χ2n) is 4.13. The Labute approximate surface area is 107 Å². The molecule has 0 saturated heterocycles. The molecule has 0 aliphatic rings. The standard InChI is InChI=1S/C16H14N2/c1-12-7-9-14(10-8-12)16(18)15(11-17)13-5-3-2-4-6-13/h2-10H,18H2,1H3/b16-15+. The predicted octanol–water partition coefficient (Wildman–Crippen LogP) is 3.35. The molecule has 0 bridgehead atoms. The lowest BCUT2D eigenvalue weighted by molar-refractivity contribution is 1.43. The first-order valence-electron chi connectivity index (χ1n) is 5.74. The highest BCUT2D eigenvalue weighted by Gasteiger charge is 2.07. The number of rotatable bonds is 2. The molecule has 0 aliphatic heterocycles. The summed E-state index contributed by atoms with van der Waals surface area (Å²) < 4.78 is 0. The normalized spacial score (nSPS) is 11.6. The lowest BCUT2D eigenvalue weighted by Gasteiger charge is -2.06. The van der Waals surface area contributed by atoms with Gasteiger partial charge in [-0.15, -0.1) is 0 Å². The molecule has 2 nitrogen and oxygen atoms in total. The smallest absolute Gasteiger partial charge is 0.102 e. The molecular weight excluding hydrogens is 220 g/mol. The zero-order valence-electron chi connectivity index (χ0n) is 10.2. The van der Waals surface area contributed by atoms with Gasteiger partial charge in [0.2, 0.25) is 0 Å². The highest BCUT2D eigenvalue weighted by molar-refractivity contribution is 5.95. The van der Waals surface area contributed by atoms with Crippen molar-refractivity contribution < 1.29 is 0 Å². The van der Waals surface area contributed by atoms with Crippen molar-refractivity contribution in [1.29, 1.82) is 5.26 Å². The molecule has 18 heavy (non-hydrogen) atoms. The summed E-state index contributed by atoms with van der Waals surface area (Å²) in [5.41, 5.74) is 10.0. The molecule has 0 fully saturated rings. The lowest BCUT2D eigenvalue weighted by atomic mass is 10.0. The minimum Gasteiger partial charge on any atom is -0.397 e. The molecule has 2 rings (SSSR count). The fraction of sp³-hybridized carbons (Fsp3) is 0.0625. The van der Waals surface area contributed by atoms with Crippen LogP contribution < -0.4 is 5.73 Å². The summed E-state index contributed by atoms with van der Waals surface area (Å²) in [7, 11) is 0. The fourth-order valence-electron chi connectivity index (χ4n) is 1.76. The highest BCUT2D eigenvalue weighted by atomic mass is 14.6. The molecule has 0 atom stereocenters. The van der Waals surface area contributed by atoms with Crippen LogP contribution in [0.3, 0.4) is 0 Å². The second-order valence-corrected chi connectivity index (χ2v) is 4.13. The third kappa shape index (κ3) is 2.41. The molecule has 0 spiro atoms. The van der Waals surface area contributed by atoms with Crippen molar-refractivity contribution >= 4 is 11.3 Å². The van der Waals surface area contributed by atoms with E-state index in [0.717, 1.165) is 11.1 Å². The van der Waals surface area contributed by atoms with Crippen molar-refractivity contribution in [2.75, 3.05) is 0 Å². The van der Waals surface area contributed by atoms with E-state index in [0.29, 0.717) is 11.3 Å². The Kier molecular flexibility index (Phi) is 3.45. The molecule has 88 valence electrons. The molecule has 0 amide bonds. The van der Waals surface area contributed by atoms with Crippen LogP contribution in [-0.4, -0.2) is 0 Å². The monoisotopic (exact) mass is 234 g/mol. The maximum Gasteiger partial charge on any atom is 0.102 e. The largest absolute Gasteiger partial charge is 0.397 e. The first-order chi connectivity index (χ1) is 8.72. The summed E-state index contributed by atoms with van der Waals surface area (Å²) in [5, 5.41) is 9.28. The van der Waals surface area contributed by atoms with Gasteiger partial charge in [0.25, 0.3) is 0 Å². The number of allylic oxidation sites excluding steroid dienone is 1. The Bertz CT molecular complexity index is 602. The van der Waals surface area contributed by atoms with Crippen molar-refractivity contribution in [3.05, 3.63) is 71.3 Å². The predicted molar refractivity (Wildman–Crippen MR) is 74.2 cm³/mol. The summed E-state index contributed by atoms with van der Waals surface area (Å²) in [6.07, 6.45) is 0. The van der Waals surface area contributed by atoms with E-state index >= 15 is 0 Å². The average molecular weight is 234 g/mol. The first-order valence-corrected chi connectivity index (χ1v) is 5.74. The van der Waals surface area contributed by atoms with Gasteiger partial charge in [-0.05, 0) is 18.1 Å². The van der Waals surface area contributed by atoms with Gasteiger partial charge < -0.3 is 5.73 Å². The molecule has 0 heterocycles. The SMILES string of the molecule is Cc1ccc(/C(N)=C(/C#N)c2ccccc2)cc1. The maximum atomic E-state index is 9.28. The fourth-order valence-corrected chi connectivity index (χ4v) is 1.76. The van der Waals surface area contributed by atoms with E-state index in [1.54, 1.807) is 0 Å². The number of hydrogen-bond acceptors (Lipinski definition) is 2. The van der Waals surface area contributed by atoms with Crippen molar-refractivity contribution in [2.24, 2.45) is 5.73 Å². The molecule has 2 aromatic carbocycles. The van der Waals surface area contributed by atoms with Crippen LogP contribution in [0.2, 0.25) is 0 Å². The summed E-state index contributed by atoms with van der Waals surface area (Å²) in [6, 6.07) is 19.5. The number of nitrogens with two attached hydrogens (primary N) is 1. The topological polar surface area (TPSA) is 49.8 Å². The quantitative estimate of drug-likeness (QED) is 0.640. The molecule has 0 unspecified atom stereocenters. The van der Waals surface area contributed by atoms with Gasteiger partial charge in [0.05, 0.1) is 11.3 Å². The summed E-state index contributed by atoms with van der Waals surface area (Å²) in [4.78, 5) is 0. The first kappa shape index (κ1) is 11.9. The summed E-state index contributed by atoms with van der Waals surface area (Å²) in [6.45, 7) is 2.02. The third-order valence-electron chi connectivity index (χ3n) is 2.81. The minimum atomic E-state index is 0.513. The van der Waals surface area contributed by atoms with E-state index in [-0.39, 0.29) is 0 Å². The van der Waals surface area contributed by atoms with Crippen LogP contribution in [0.5, 0.6) is 0 Å². The van der Waals surface area contributed by atoms with E-state index in [4.69, 9.17) is 5.73 Å². The number of nitrogens with zero attached hydrogens (tertiary/aromatic N) is 1. The lowest BCUT2D eigenvalue weighted by Crippen LogP contribution is -2.00. The van der Waals surface area contributed by atoms with E-state index in [2.05, 4.69) is 6.07 Å². The van der Waals surface area contributed by atoms with Gasteiger partial charge in [-0.1, -0.05) is 60.2 Å². The van der Waals surface area contributed by atoms with Crippen LogP contribution >= 0.6 is 0 Å². The molecule has 2 aromatic rings. The number of aryl methyl sites for hydroxylation is 1. The van der Waals surface area contributed by atoms with E-state index in [1.165, 1.54) is 5.56 Å². The van der Waals surface area contributed by atoms with Gasteiger partial charge >= 0.3 is 0 Å². The Balaban J connectivity index is 2.51. The van der Waals surface area contributed by atoms with Gasteiger partial charge in [-0.25, -0.2) is 0 Å². The van der Waals surface area contributed by atoms with Crippen LogP contribution in [-0.2, 0) is 0 Å². The molecule has 0 aliphatic carbocycles. The molecular formula is C16H14N2. The summed E-state index contributed by atoms with van der Waals surface area (Å²) in [5.74, 6) is 0. The Morgan fingerprint density at radius 3 is 2.11 bits per heavy atom. The molecule has 0 aromatic heterocycles. The van der Waals surface area contributed by atoms with Crippen LogP contribution in [0.4, 0.5) is 0 Å². The maximum absolute atomic E-state index is 9.28. The van der Waals surface area contributed by atoms with E-state index in [1.807, 2.05) is 61.5 Å². The zero-order valence-corrected chi connectivity index (χ0v) is 10.2. The molecule has 2 heteroatoms. The Morgan fingerprint density at radius 1 is 0.944 bits per heavy atom. The van der Waals surface area contributed by atoms with Crippen LogP contribution in [0.1, 0.15) is 16.7 Å². The number of benzene rings is 2. The zero-order chi connectivity index (χ0) is 13.0. The minimum absolute atomic E-state index is 0.513. The average Bonchev–Trinajstić information content (AvgIpc) is 2.41. The van der Waals surface area contributed by atoms with Gasteiger partial charge in [0, 0.05) is 0 Å². The second kappa shape index (κ2) is 5.20. The Hall–Kier alpha value is -2.53. The van der Waals surface area contributed by atoms with Gasteiger partial charge in [0.1, 0.15) is 6.07 Å². The van der Waals surface area contributed by atoms with Gasteiger partial charge in [-0.3, -0.25) is 0 Å².